The number of carbonyl (C=O) groups is 2. The highest BCUT2D eigenvalue weighted by Crippen LogP contribution is 2.23. The van der Waals surface area contributed by atoms with E-state index in [0.717, 1.165) is 51.7 Å². The minimum absolute atomic E-state index is 0.0234. The summed E-state index contributed by atoms with van der Waals surface area (Å²) in [4.78, 5) is 33.2. The van der Waals surface area contributed by atoms with Gasteiger partial charge in [-0.25, -0.2) is 4.98 Å². The highest BCUT2D eigenvalue weighted by molar-refractivity contribution is 5.94. The van der Waals surface area contributed by atoms with Crippen molar-refractivity contribution in [1.82, 2.24) is 29.5 Å². The van der Waals surface area contributed by atoms with E-state index in [0.29, 0.717) is 17.8 Å². The van der Waals surface area contributed by atoms with E-state index < -0.39 is 0 Å². The molecule has 2 aromatic heterocycles. The van der Waals surface area contributed by atoms with E-state index in [1.807, 2.05) is 9.80 Å². The fourth-order valence-electron chi connectivity index (χ4n) is 3.96. The molecular formula is C19H24N6O2. The second kappa shape index (κ2) is 7.85. The second-order valence-electron chi connectivity index (χ2n) is 7.20. The van der Waals surface area contributed by atoms with Crippen LogP contribution in [0.1, 0.15) is 48.9 Å². The zero-order chi connectivity index (χ0) is 18.6. The lowest BCUT2D eigenvalue weighted by molar-refractivity contribution is -0.127. The van der Waals surface area contributed by atoms with Crippen molar-refractivity contribution < 1.29 is 9.59 Å². The highest BCUT2D eigenvalue weighted by atomic mass is 16.2. The summed E-state index contributed by atoms with van der Waals surface area (Å²) in [6.45, 7) is 2.37. The van der Waals surface area contributed by atoms with Crippen molar-refractivity contribution in [2.45, 2.75) is 44.6 Å². The van der Waals surface area contributed by atoms with E-state index in [2.05, 4.69) is 15.2 Å². The van der Waals surface area contributed by atoms with Gasteiger partial charge < -0.3 is 9.80 Å². The number of carbonyl (C=O) groups excluding carboxylic acids is 2. The Hall–Kier alpha value is -2.77. The van der Waals surface area contributed by atoms with Gasteiger partial charge in [-0.05, 0) is 44.2 Å². The average molecular weight is 368 g/mol. The van der Waals surface area contributed by atoms with Crippen LogP contribution >= 0.6 is 0 Å². The van der Waals surface area contributed by atoms with E-state index in [1.54, 1.807) is 35.6 Å². The van der Waals surface area contributed by atoms with Crippen molar-refractivity contribution in [3.63, 3.8) is 0 Å². The highest BCUT2D eigenvalue weighted by Gasteiger charge is 2.29. The Labute approximate surface area is 158 Å². The molecule has 0 N–H and O–H groups in total. The molecule has 2 aromatic rings. The molecule has 8 heteroatoms. The van der Waals surface area contributed by atoms with Crippen LogP contribution in [0.3, 0.4) is 0 Å². The number of nitrogens with zero attached hydrogens (tertiary/aromatic N) is 6. The Morgan fingerprint density at radius 2 is 1.96 bits per heavy atom. The molecule has 0 aromatic carbocycles. The quantitative estimate of drug-likeness (QED) is 0.801. The third kappa shape index (κ3) is 3.84. The smallest absolute Gasteiger partial charge is 0.255 e. The number of likely N-dealkylation sites (tertiary alicyclic amines) is 2. The van der Waals surface area contributed by atoms with Crippen LogP contribution in [0.4, 0.5) is 0 Å². The summed E-state index contributed by atoms with van der Waals surface area (Å²) in [6.07, 6.45) is 10.4. The lowest BCUT2D eigenvalue weighted by atomic mass is 9.98. The molecule has 8 nitrogen and oxygen atoms in total. The zero-order valence-electron chi connectivity index (χ0n) is 15.3. The van der Waals surface area contributed by atoms with Crippen LogP contribution in [0.25, 0.3) is 5.82 Å². The summed E-state index contributed by atoms with van der Waals surface area (Å²) in [6, 6.07) is 3.80. The molecule has 0 spiro atoms. The first-order chi connectivity index (χ1) is 13.2. The third-order valence-electron chi connectivity index (χ3n) is 5.47. The van der Waals surface area contributed by atoms with Crippen molar-refractivity contribution >= 4 is 11.8 Å². The molecule has 1 unspecified atom stereocenters. The maximum Gasteiger partial charge on any atom is 0.255 e. The molecule has 0 radical (unpaired) electrons. The molecule has 2 fully saturated rings. The Morgan fingerprint density at radius 1 is 1.11 bits per heavy atom. The molecule has 0 aliphatic carbocycles. The fraction of sp³-hybridized carbons (Fsp3) is 0.526. The number of pyridine rings is 1. The van der Waals surface area contributed by atoms with Gasteiger partial charge >= 0.3 is 0 Å². The van der Waals surface area contributed by atoms with Crippen molar-refractivity contribution in [3.8, 4) is 5.82 Å². The van der Waals surface area contributed by atoms with Crippen molar-refractivity contribution in [2.24, 2.45) is 0 Å². The van der Waals surface area contributed by atoms with Crippen molar-refractivity contribution in [1.29, 1.82) is 0 Å². The largest absolute Gasteiger partial charge is 0.343 e. The van der Waals surface area contributed by atoms with Crippen LogP contribution in [0, 0.1) is 0 Å². The molecule has 27 heavy (non-hydrogen) atoms. The summed E-state index contributed by atoms with van der Waals surface area (Å²) in [7, 11) is 0. The van der Waals surface area contributed by atoms with Gasteiger partial charge in [0.15, 0.2) is 0 Å². The molecule has 0 bridgehead atoms. The Bertz CT molecular complexity index is 789. The monoisotopic (exact) mass is 368 g/mol. The van der Waals surface area contributed by atoms with Crippen LogP contribution in [-0.4, -0.2) is 67.0 Å². The number of amides is 2. The Kier molecular flexibility index (Phi) is 5.13. The fourth-order valence-corrected chi connectivity index (χ4v) is 3.96. The van der Waals surface area contributed by atoms with Gasteiger partial charge in [-0.15, -0.1) is 10.2 Å². The van der Waals surface area contributed by atoms with Crippen LogP contribution < -0.4 is 0 Å². The van der Waals surface area contributed by atoms with Gasteiger partial charge in [0.1, 0.15) is 18.5 Å². The molecule has 1 atom stereocenters. The SMILES string of the molecule is O=C1CCCN1CCC1CCCCN1C(=O)c1ccc(-n2cnnc2)nc1. The van der Waals surface area contributed by atoms with Crippen molar-refractivity contribution in [3.05, 3.63) is 36.5 Å². The molecule has 2 amide bonds. The Balaban J connectivity index is 1.43. The summed E-state index contributed by atoms with van der Waals surface area (Å²) < 4.78 is 1.70. The summed E-state index contributed by atoms with van der Waals surface area (Å²) >= 11 is 0. The predicted octanol–water partition coefficient (Wildman–Crippen LogP) is 1.67. The first-order valence-corrected chi connectivity index (χ1v) is 9.62. The molecule has 0 saturated carbocycles. The van der Waals surface area contributed by atoms with Gasteiger partial charge in [0, 0.05) is 38.3 Å². The molecule has 2 saturated heterocycles. The molecule has 2 aliphatic heterocycles. The number of aromatic nitrogens is 4. The Morgan fingerprint density at radius 3 is 2.67 bits per heavy atom. The van der Waals surface area contributed by atoms with Gasteiger partial charge in [0.05, 0.1) is 5.56 Å². The lowest BCUT2D eigenvalue weighted by Crippen LogP contribution is -2.45. The summed E-state index contributed by atoms with van der Waals surface area (Å²) in [5, 5.41) is 7.54. The summed E-state index contributed by atoms with van der Waals surface area (Å²) in [5.41, 5.74) is 0.593. The maximum absolute atomic E-state index is 13.0. The van der Waals surface area contributed by atoms with Gasteiger partial charge in [-0.1, -0.05) is 0 Å². The third-order valence-corrected chi connectivity index (χ3v) is 5.47. The standard InChI is InChI=1S/C19H24N6O2/c26-18-5-3-9-23(18)11-8-16-4-1-2-10-25(16)19(27)15-6-7-17(20-12-15)24-13-21-22-14-24/h6-7,12-14,16H,1-5,8-11H2. The molecular weight excluding hydrogens is 344 g/mol. The molecule has 4 heterocycles. The van der Waals surface area contributed by atoms with Gasteiger partial charge in [-0.3, -0.25) is 14.2 Å². The van der Waals surface area contributed by atoms with Crippen LogP contribution in [0.15, 0.2) is 31.0 Å². The normalized spacial score (nSPS) is 20.3. The van der Waals surface area contributed by atoms with E-state index in [4.69, 9.17) is 0 Å². The lowest BCUT2D eigenvalue weighted by Gasteiger charge is -2.36. The van der Waals surface area contributed by atoms with Crippen molar-refractivity contribution in [2.75, 3.05) is 19.6 Å². The zero-order valence-corrected chi connectivity index (χ0v) is 15.3. The molecule has 4 rings (SSSR count). The van der Waals surface area contributed by atoms with Gasteiger partial charge in [-0.2, -0.15) is 0 Å². The van der Waals surface area contributed by atoms with E-state index in [1.165, 1.54) is 0 Å². The second-order valence-corrected chi connectivity index (χ2v) is 7.20. The first kappa shape index (κ1) is 17.6. The number of rotatable bonds is 5. The maximum atomic E-state index is 13.0. The van der Waals surface area contributed by atoms with E-state index >= 15 is 0 Å². The topological polar surface area (TPSA) is 84.2 Å². The summed E-state index contributed by atoms with van der Waals surface area (Å²) in [5.74, 6) is 0.951. The van der Waals surface area contributed by atoms with Gasteiger partial charge in [0.2, 0.25) is 5.91 Å². The molecule has 2 aliphatic rings. The first-order valence-electron chi connectivity index (χ1n) is 9.62. The number of hydrogen-bond acceptors (Lipinski definition) is 5. The van der Waals surface area contributed by atoms with E-state index in [9.17, 15) is 9.59 Å². The average Bonchev–Trinajstić information content (AvgIpc) is 3.38. The minimum Gasteiger partial charge on any atom is -0.343 e. The molecule has 142 valence electrons. The number of piperidine rings is 1. The number of hydrogen-bond donors (Lipinski definition) is 0. The van der Waals surface area contributed by atoms with Crippen LogP contribution in [0.5, 0.6) is 0 Å². The van der Waals surface area contributed by atoms with Crippen LogP contribution in [-0.2, 0) is 4.79 Å². The van der Waals surface area contributed by atoms with Crippen LogP contribution in [0.2, 0.25) is 0 Å². The van der Waals surface area contributed by atoms with E-state index in [-0.39, 0.29) is 17.9 Å². The predicted molar refractivity (Wildman–Crippen MR) is 98.3 cm³/mol. The van der Waals surface area contributed by atoms with Gasteiger partial charge in [0.25, 0.3) is 5.91 Å². The minimum atomic E-state index is 0.0234.